The summed E-state index contributed by atoms with van der Waals surface area (Å²) >= 11 is 8.65. The molecule has 0 aliphatic carbocycles. The van der Waals surface area contributed by atoms with E-state index >= 15 is 0 Å². The maximum atomic E-state index is 12.1. The van der Waals surface area contributed by atoms with E-state index in [1.54, 1.807) is 11.8 Å². The quantitative estimate of drug-likeness (QED) is 0.672. The zero-order valence-corrected chi connectivity index (χ0v) is 14.8. The largest absolute Gasteiger partial charge is 0.279 e. The van der Waals surface area contributed by atoms with Gasteiger partial charge in [0.1, 0.15) is 10.1 Å². The molecule has 0 saturated carbocycles. The van der Waals surface area contributed by atoms with E-state index in [-0.39, 0.29) is 5.12 Å². The Labute approximate surface area is 149 Å². The second kappa shape index (κ2) is 7.39. The van der Waals surface area contributed by atoms with E-state index in [1.807, 2.05) is 61.5 Å². The molecule has 0 saturated heterocycles. The summed E-state index contributed by atoms with van der Waals surface area (Å²) in [5.74, 6) is 0.772. The van der Waals surface area contributed by atoms with Crippen molar-refractivity contribution >= 4 is 50.7 Å². The molecule has 0 N–H and O–H groups in total. The first kappa shape index (κ1) is 16.4. The molecule has 0 aromatic heterocycles. The van der Waals surface area contributed by atoms with Crippen LogP contribution in [0.5, 0.6) is 0 Å². The minimum Gasteiger partial charge on any atom is -0.279 e. The Balaban J connectivity index is 1.71. The average molecular weight is 360 g/mol. The number of rotatable bonds is 3. The maximum Gasteiger partial charge on any atom is 0.244 e. The Morgan fingerprint density at radius 1 is 1.17 bits per heavy atom. The third-order valence-corrected chi connectivity index (χ3v) is 5.69. The molecule has 2 nitrogen and oxygen atoms in total. The number of carbonyl (C=O) groups excluding carboxylic acids is 1. The third kappa shape index (κ3) is 4.28. The van der Waals surface area contributed by atoms with Gasteiger partial charge in [0.15, 0.2) is 0 Å². The van der Waals surface area contributed by atoms with Crippen LogP contribution in [0.1, 0.15) is 16.7 Å². The molecule has 0 atom stereocenters. The summed E-state index contributed by atoms with van der Waals surface area (Å²) < 4.78 is 0.796. The van der Waals surface area contributed by atoms with Crippen LogP contribution < -0.4 is 0 Å². The first-order chi connectivity index (χ1) is 11.1. The lowest BCUT2D eigenvalue weighted by molar-refractivity contribution is -0.107. The number of nitrogens with zero attached hydrogens (tertiary/aromatic N) is 1. The van der Waals surface area contributed by atoms with E-state index in [2.05, 4.69) is 4.99 Å². The van der Waals surface area contributed by atoms with Gasteiger partial charge in [0, 0.05) is 10.8 Å². The van der Waals surface area contributed by atoms with Gasteiger partial charge in [-0.1, -0.05) is 59.8 Å². The Bertz CT molecular complexity index is 797. The van der Waals surface area contributed by atoms with Crippen LogP contribution in [-0.4, -0.2) is 9.49 Å². The molecule has 0 spiro atoms. The molecule has 3 rings (SSSR count). The van der Waals surface area contributed by atoms with Gasteiger partial charge in [-0.15, -0.1) is 0 Å². The SMILES string of the molecule is Cc1ccccc1/C=C1\N=C(SCc2ccc(Cl)cc2)SC1=O. The predicted molar refractivity (Wildman–Crippen MR) is 102 cm³/mol. The van der Waals surface area contributed by atoms with Crippen molar-refractivity contribution in [1.82, 2.24) is 0 Å². The van der Waals surface area contributed by atoms with Gasteiger partial charge in [0.25, 0.3) is 0 Å². The van der Waals surface area contributed by atoms with Crippen LogP contribution in [0.25, 0.3) is 6.08 Å². The monoisotopic (exact) mass is 359 g/mol. The molecule has 0 amide bonds. The number of thioether (sulfide) groups is 2. The number of aryl methyl sites for hydroxylation is 1. The van der Waals surface area contributed by atoms with Crippen molar-refractivity contribution in [1.29, 1.82) is 0 Å². The minimum absolute atomic E-state index is 0.00635. The second-order valence-electron chi connectivity index (χ2n) is 5.07. The normalized spacial score (nSPS) is 16.0. The smallest absolute Gasteiger partial charge is 0.244 e. The van der Waals surface area contributed by atoms with Gasteiger partial charge in [-0.2, -0.15) is 0 Å². The molecule has 0 fully saturated rings. The standard InChI is InChI=1S/C18H14ClNOS2/c1-12-4-2-3-5-14(12)10-16-17(21)23-18(20-16)22-11-13-6-8-15(19)9-7-13/h2-10H,11H2,1H3/b16-10-. The number of aliphatic imine (C=N–C) groups is 1. The number of benzene rings is 2. The van der Waals surface area contributed by atoms with E-state index in [0.29, 0.717) is 5.70 Å². The average Bonchev–Trinajstić information content (AvgIpc) is 2.89. The fourth-order valence-electron chi connectivity index (χ4n) is 2.07. The topological polar surface area (TPSA) is 29.4 Å². The van der Waals surface area contributed by atoms with Crippen LogP contribution in [0.3, 0.4) is 0 Å². The van der Waals surface area contributed by atoms with E-state index in [0.717, 1.165) is 31.8 Å². The number of carbonyl (C=O) groups is 1. The molecule has 2 aromatic rings. The lowest BCUT2D eigenvalue weighted by Gasteiger charge is -2.00. The van der Waals surface area contributed by atoms with Gasteiger partial charge < -0.3 is 0 Å². The molecule has 5 heteroatoms. The first-order valence-electron chi connectivity index (χ1n) is 7.07. The zero-order valence-electron chi connectivity index (χ0n) is 12.5. The molecule has 0 radical (unpaired) electrons. The van der Waals surface area contributed by atoms with Crippen molar-refractivity contribution < 1.29 is 4.79 Å². The Hall–Kier alpha value is -1.49. The Kier molecular flexibility index (Phi) is 5.26. The highest BCUT2D eigenvalue weighted by Crippen LogP contribution is 2.33. The van der Waals surface area contributed by atoms with E-state index < -0.39 is 0 Å². The van der Waals surface area contributed by atoms with Crippen molar-refractivity contribution in [3.63, 3.8) is 0 Å². The van der Waals surface area contributed by atoms with Crippen molar-refractivity contribution in [3.05, 3.63) is 75.9 Å². The highest BCUT2D eigenvalue weighted by molar-refractivity contribution is 8.45. The van der Waals surface area contributed by atoms with Crippen molar-refractivity contribution in [2.75, 3.05) is 0 Å². The predicted octanol–water partition coefficient (Wildman–Crippen LogP) is 5.55. The van der Waals surface area contributed by atoms with Crippen LogP contribution in [-0.2, 0) is 10.5 Å². The first-order valence-corrected chi connectivity index (χ1v) is 9.25. The van der Waals surface area contributed by atoms with Gasteiger partial charge in [-0.05, 0) is 53.6 Å². The summed E-state index contributed by atoms with van der Waals surface area (Å²) in [7, 11) is 0. The molecule has 1 heterocycles. The van der Waals surface area contributed by atoms with Gasteiger partial charge in [0.2, 0.25) is 5.12 Å². The summed E-state index contributed by atoms with van der Waals surface area (Å²) in [5.41, 5.74) is 3.84. The molecule has 1 aliphatic heterocycles. The summed E-state index contributed by atoms with van der Waals surface area (Å²) in [5, 5.41) is 0.733. The number of hydrogen-bond acceptors (Lipinski definition) is 4. The summed E-state index contributed by atoms with van der Waals surface area (Å²) in [6.45, 7) is 2.03. The van der Waals surface area contributed by atoms with Crippen LogP contribution in [0.4, 0.5) is 0 Å². The fourth-order valence-corrected chi connectivity index (χ4v) is 4.00. The van der Waals surface area contributed by atoms with Crippen molar-refractivity contribution in [3.8, 4) is 0 Å². The summed E-state index contributed by atoms with van der Waals surface area (Å²) in [6, 6.07) is 15.7. The lowest BCUT2D eigenvalue weighted by atomic mass is 10.1. The highest BCUT2D eigenvalue weighted by Gasteiger charge is 2.22. The number of halogens is 1. The second-order valence-corrected chi connectivity index (χ2v) is 7.69. The van der Waals surface area contributed by atoms with Gasteiger partial charge in [-0.3, -0.25) is 4.79 Å². The zero-order chi connectivity index (χ0) is 16.2. The summed E-state index contributed by atoms with van der Waals surface area (Å²) in [6.07, 6.45) is 1.86. The van der Waals surface area contributed by atoms with Crippen LogP contribution in [0, 0.1) is 6.92 Å². The van der Waals surface area contributed by atoms with E-state index in [1.165, 1.54) is 11.8 Å². The van der Waals surface area contributed by atoms with Gasteiger partial charge >= 0.3 is 0 Å². The van der Waals surface area contributed by atoms with Crippen LogP contribution >= 0.6 is 35.1 Å². The fraction of sp³-hybridized carbons (Fsp3) is 0.111. The molecule has 116 valence electrons. The molecule has 0 bridgehead atoms. The molecule has 2 aromatic carbocycles. The van der Waals surface area contributed by atoms with E-state index in [4.69, 9.17) is 11.6 Å². The van der Waals surface area contributed by atoms with Crippen LogP contribution in [0.15, 0.2) is 59.2 Å². The highest BCUT2D eigenvalue weighted by atomic mass is 35.5. The molecule has 23 heavy (non-hydrogen) atoms. The lowest BCUT2D eigenvalue weighted by Crippen LogP contribution is -1.89. The Morgan fingerprint density at radius 2 is 1.91 bits per heavy atom. The third-order valence-electron chi connectivity index (χ3n) is 3.36. The molecular weight excluding hydrogens is 346 g/mol. The van der Waals surface area contributed by atoms with Gasteiger partial charge in [0.05, 0.1) is 0 Å². The van der Waals surface area contributed by atoms with Crippen LogP contribution in [0.2, 0.25) is 5.02 Å². The number of hydrogen-bond donors (Lipinski definition) is 0. The maximum absolute atomic E-state index is 12.1. The molecular formula is C18H14ClNOS2. The van der Waals surface area contributed by atoms with Crippen molar-refractivity contribution in [2.45, 2.75) is 12.7 Å². The van der Waals surface area contributed by atoms with Crippen molar-refractivity contribution in [2.24, 2.45) is 4.99 Å². The molecule has 1 aliphatic rings. The Morgan fingerprint density at radius 3 is 2.65 bits per heavy atom. The van der Waals surface area contributed by atoms with Gasteiger partial charge in [-0.25, -0.2) is 4.99 Å². The van der Waals surface area contributed by atoms with E-state index in [9.17, 15) is 4.79 Å². The summed E-state index contributed by atoms with van der Waals surface area (Å²) in [4.78, 5) is 16.6. The minimum atomic E-state index is 0.00635. The molecule has 0 unspecified atom stereocenters.